The van der Waals surface area contributed by atoms with Crippen LogP contribution in [0.4, 0.5) is 5.69 Å². The second-order valence-corrected chi connectivity index (χ2v) is 6.79. The SMILES string of the molecule is COc1ccc(C)cc1NC(=O)C(=O)NCCC(O)c1cccc2ccccc12. The Kier molecular flexibility index (Phi) is 6.46. The first-order chi connectivity index (χ1) is 14.0. The first kappa shape index (κ1) is 20.4. The maximum Gasteiger partial charge on any atom is 0.313 e. The van der Waals surface area contributed by atoms with E-state index in [2.05, 4.69) is 10.6 Å². The van der Waals surface area contributed by atoms with Crippen LogP contribution in [0.5, 0.6) is 5.75 Å². The van der Waals surface area contributed by atoms with E-state index in [1.54, 1.807) is 12.1 Å². The molecule has 0 saturated carbocycles. The van der Waals surface area contributed by atoms with Gasteiger partial charge < -0.3 is 20.5 Å². The molecule has 0 saturated heterocycles. The summed E-state index contributed by atoms with van der Waals surface area (Å²) in [5.74, 6) is -1.07. The first-order valence-electron chi connectivity index (χ1n) is 9.39. The number of rotatable bonds is 6. The lowest BCUT2D eigenvalue weighted by molar-refractivity contribution is -0.136. The molecule has 3 rings (SSSR count). The highest BCUT2D eigenvalue weighted by atomic mass is 16.5. The summed E-state index contributed by atoms with van der Waals surface area (Å²) in [6.07, 6.45) is -0.456. The molecule has 2 amide bonds. The number of benzene rings is 3. The van der Waals surface area contributed by atoms with Gasteiger partial charge in [0.1, 0.15) is 5.75 Å². The number of aryl methyl sites for hydroxylation is 1. The van der Waals surface area contributed by atoms with Crippen LogP contribution in [-0.2, 0) is 9.59 Å². The zero-order chi connectivity index (χ0) is 20.8. The summed E-state index contributed by atoms with van der Waals surface area (Å²) in [5.41, 5.74) is 2.16. The number of anilines is 1. The third-order valence-corrected chi connectivity index (χ3v) is 4.70. The van der Waals surface area contributed by atoms with Crippen molar-refractivity contribution in [1.29, 1.82) is 0 Å². The second kappa shape index (κ2) is 9.21. The number of ether oxygens (including phenoxy) is 1. The Morgan fingerprint density at radius 1 is 1.03 bits per heavy atom. The molecule has 1 atom stereocenters. The van der Waals surface area contributed by atoms with Crippen molar-refractivity contribution in [2.75, 3.05) is 19.0 Å². The molecule has 0 radical (unpaired) electrons. The first-order valence-corrected chi connectivity index (χ1v) is 9.39. The number of hydrogen-bond donors (Lipinski definition) is 3. The van der Waals surface area contributed by atoms with Gasteiger partial charge in [-0.15, -0.1) is 0 Å². The van der Waals surface area contributed by atoms with Crippen LogP contribution >= 0.6 is 0 Å². The topological polar surface area (TPSA) is 87.7 Å². The molecule has 0 fully saturated rings. The van der Waals surface area contributed by atoms with E-state index < -0.39 is 17.9 Å². The summed E-state index contributed by atoms with van der Waals surface area (Å²) < 4.78 is 5.20. The molecule has 0 aromatic heterocycles. The molecule has 3 aromatic carbocycles. The fourth-order valence-corrected chi connectivity index (χ4v) is 3.20. The minimum absolute atomic E-state index is 0.168. The molecule has 0 aliphatic carbocycles. The Hall–Kier alpha value is -3.38. The Bertz CT molecular complexity index is 1030. The number of fused-ring (bicyclic) bond motifs is 1. The van der Waals surface area contributed by atoms with Crippen molar-refractivity contribution in [3.05, 3.63) is 71.8 Å². The van der Waals surface area contributed by atoms with Crippen molar-refractivity contribution in [2.24, 2.45) is 0 Å². The van der Waals surface area contributed by atoms with Crippen LogP contribution in [-0.4, -0.2) is 30.6 Å². The summed E-state index contributed by atoms with van der Waals surface area (Å²) in [4.78, 5) is 24.3. The van der Waals surface area contributed by atoms with Gasteiger partial charge in [-0.1, -0.05) is 48.5 Å². The average molecular weight is 392 g/mol. The molecular formula is C23H24N2O4. The van der Waals surface area contributed by atoms with Crippen LogP contribution in [0, 0.1) is 6.92 Å². The van der Waals surface area contributed by atoms with E-state index in [1.165, 1.54) is 7.11 Å². The summed E-state index contributed by atoms with van der Waals surface area (Å²) in [6.45, 7) is 2.05. The predicted octanol–water partition coefficient (Wildman–Crippen LogP) is 3.34. The van der Waals surface area contributed by atoms with Crippen LogP contribution < -0.4 is 15.4 Å². The van der Waals surface area contributed by atoms with Gasteiger partial charge in [0.2, 0.25) is 0 Å². The number of carbonyl (C=O) groups excluding carboxylic acids is 2. The monoisotopic (exact) mass is 392 g/mol. The number of aliphatic hydroxyl groups excluding tert-OH is 1. The number of amides is 2. The average Bonchev–Trinajstić information content (AvgIpc) is 2.73. The molecule has 29 heavy (non-hydrogen) atoms. The predicted molar refractivity (Wildman–Crippen MR) is 113 cm³/mol. The summed E-state index contributed by atoms with van der Waals surface area (Å²) in [7, 11) is 1.50. The van der Waals surface area contributed by atoms with Crippen molar-refractivity contribution in [2.45, 2.75) is 19.4 Å². The smallest absolute Gasteiger partial charge is 0.313 e. The molecule has 0 spiro atoms. The van der Waals surface area contributed by atoms with E-state index in [0.717, 1.165) is 21.9 Å². The van der Waals surface area contributed by atoms with Gasteiger partial charge in [0.25, 0.3) is 0 Å². The number of carbonyl (C=O) groups is 2. The molecule has 3 aromatic rings. The van der Waals surface area contributed by atoms with Crippen molar-refractivity contribution >= 4 is 28.3 Å². The number of aliphatic hydroxyl groups is 1. The maximum atomic E-state index is 12.2. The van der Waals surface area contributed by atoms with Gasteiger partial charge in [-0.2, -0.15) is 0 Å². The molecule has 6 heteroatoms. The zero-order valence-corrected chi connectivity index (χ0v) is 16.4. The zero-order valence-electron chi connectivity index (χ0n) is 16.4. The fourth-order valence-electron chi connectivity index (χ4n) is 3.20. The Balaban J connectivity index is 1.56. The summed E-state index contributed by atoms with van der Waals surface area (Å²) in [6, 6.07) is 18.9. The standard InChI is InChI=1S/C23H24N2O4/c1-15-10-11-21(29-2)19(14-15)25-23(28)22(27)24-13-12-20(26)18-9-5-7-16-6-3-4-8-17(16)18/h3-11,14,20,26H,12-13H2,1-2H3,(H,24,27)(H,25,28). The van der Waals surface area contributed by atoms with Crippen LogP contribution in [0.15, 0.2) is 60.7 Å². The number of hydrogen-bond acceptors (Lipinski definition) is 4. The molecular weight excluding hydrogens is 368 g/mol. The molecule has 1 unspecified atom stereocenters. The Labute approximate surface area is 169 Å². The quantitative estimate of drug-likeness (QED) is 0.562. The molecule has 0 aliphatic rings. The fraction of sp³-hybridized carbons (Fsp3) is 0.217. The van der Waals surface area contributed by atoms with Gasteiger partial charge >= 0.3 is 11.8 Å². The number of methoxy groups -OCH3 is 1. The summed E-state index contributed by atoms with van der Waals surface area (Å²) in [5, 5.41) is 17.7. The van der Waals surface area contributed by atoms with Gasteiger partial charge in [-0.05, 0) is 47.4 Å². The minimum Gasteiger partial charge on any atom is -0.495 e. The van der Waals surface area contributed by atoms with E-state index in [1.807, 2.05) is 55.5 Å². The van der Waals surface area contributed by atoms with Gasteiger partial charge in [-0.3, -0.25) is 9.59 Å². The highest BCUT2D eigenvalue weighted by molar-refractivity contribution is 6.39. The van der Waals surface area contributed by atoms with Crippen molar-refractivity contribution < 1.29 is 19.4 Å². The highest BCUT2D eigenvalue weighted by Gasteiger charge is 2.17. The Morgan fingerprint density at radius 3 is 2.59 bits per heavy atom. The van der Waals surface area contributed by atoms with Gasteiger partial charge in [-0.25, -0.2) is 0 Å². The molecule has 3 N–H and O–H groups in total. The highest BCUT2D eigenvalue weighted by Crippen LogP contribution is 2.26. The van der Waals surface area contributed by atoms with Crippen LogP contribution in [0.25, 0.3) is 10.8 Å². The van der Waals surface area contributed by atoms with Crippen molar-refractivity contribution in [3.8, 4) is 5.75 Å². The lowest BCUT2D eigenvalue weighted by atomic mass is 9.99. The third kappa shape index (κ3) is 4.92. The lowest BCUT2D eigenvalue weighted by Crippen LogP contribution is -2.36. The van der Waals surface area contributed by atoms with E-state index >= 15 is 0 Å². The second-order valence-electron chi connectivity index (χ2n) is 6.79. The normalized spacial score (nSPS) is 11.7. The third-order valence-electron chi connectivity index (χ3n) is 4.70. The van der Waals surface area contributed by atoms with Gasteiger partial charge in [0, 0.05) is 6.54 Å². The van der Waals surface area contributed by atoms with Crippen LogP contribution in [0.2, 0.25) is 0 Å². The van der Waals surface area contributed by atoms with Crippen LogP contribution in [0.3, 0.4) is 0 Å². The van der Waals surface area contributed by atoms with Gasteiger partial charge in [0.15, 0.2) is 0 Å². The van der Waals surface area contributed by atoms with E-state index in [-0.39, 0.29) is 6.54 Å². The van der Waals surface area contributed by atoms with Gasteiger partial charge in [0.05, 0.1) is 18.9 Å². The molecule has 0 heterocycles. The summed E-state index contributed by atoms with van der Waals surface area (Å²) >= 11 is 0. The molecule has 6 nitrogen and oxygen atoms in total. The lowest BCUT2D eigenvalue weighted by Gasteiger charge is -2.14. The number of nitrogens with one attached hydrogen (secondary N) is 2. The molecule has 150 valence electrons. The minimum atomic E-state index is -0.784. The van der Waals surface area contributed by atoms with Crippen molar-refractivity contribution in [1.82, 2.24) is 5.32 Å². The maximum absolute atomic E-state index is 12.2. The van der Waals surface area contributed by atoms with E-state index in [9.17, 15) is 14.7 Å². The molecule has 0 aliphatic heterocycles. The van der Waals surface area contributed by atoms with E-state index in [0.29, 0.717) is 17.9 Å². The van der Waals surface area contributed by atoms with E-state index in [4.69, 9.17) is 4.74 Å². The van der Waals surface area contributed by atoms with Crippen molar-refractivity contribution in [3.63, 3.8) is 0 Å². The Morgan fingerprint density at radius 2 is 1.79 bits per heavy atom. The molecule has 0 bridgehead atoms. The largest absolute Gasteiger partial charge is 0.495 e. The van der Waals surface area contributed by atoms with Crippen LogP contribution in [0.1, 0.15) is 23.7 Å².